The first kappa shape index (κ1) is 18.7. The van der Waals surface area contributed by atoms with Crippen LogP contribution in [0.3, 0.4) is 0 Å². The smallest absolute Gasteiger partial charge is 0.337 e. The van der Waals surface area contributed by atoms with Crippen molar-refractivity contribution in [2.75, 3.05) is 38.3 Å². The second-order valence-electron chi connectivity index (χ2n) is 6.48. The SMILES string of the molecule is COC(=O)c1cc(Br)cc(-c2ccc3c(=O)cc(N4CCOCC4)oc3c2)c1. The van der Waals surface area contributed by atoms with Crippen LogP contribution in [0.15, 0.2) is 56.1 Å². The van der Waals surface area contributed by atoms with Gasteiger partial charge in [0.15, 0.2) is 11.3 Å². The molecule has 1 aliphatic heterocycles. The maximum Gasteiger partial charge on any atom is 0.337 e. The van der Waals surface area contributed by atoms with E-state index in [1.807, 2.05) is 23.1 Å². The number of ether oxygens (including phenoxy) is 2. The number of methoxy groups -OCH3 is 1. The number of carbonyl (C=O) groups is 1. The summed E-state index contributed by atoms with van der Waals surface area (Å²) in [7, 11) is 1.35. The lowest BCUT2D eigenvalue weighted by molar-refractivity contribution is 0.0600. The summed E-state index contributed by atoms with van der Waals surface area (Å²) in [5.74, 6) is 0.131. The molecule has 1 aromatic heterocycles. The van der Waals surface area contributed by atoms with Gasteiger partial charge in [0.2, 0.25) is 0 Å². The monoisotopic (exact) mass is 443 g/mol. The number of rotatable bonds is 3. The lowest BCUT2D eigenvalue weighted by Crippen LogP contribution is -2.36. The number of morpholine rings is 1. The van der Waals surface area contributed by atoms with Crippen LogP contribution >= 0.6 is 15.9 Å². The molecule has 0 bridgehead atoms. The van der Waals surface area contributed by atoms with E-state index in [0.29, 0.717) is 48.7 Å². The zero-order valence-electron chi connectivity index (χ0n) is 15.2. The minimum absolute atomic E-state index is 0.0845. The number of nitrogens with zero attached hydrogens (tertiary/aromatic N) is 1. The number of benzene rings is 2. The van der Waals surface area contributed by atoms with Gasteiger partial charge in [-0.1, -0.05) is 22.0 Å². The Morgan fingerprint density at radius 1 is 1.07 bits per heavy atom. The molecule has 1 fully saturated rings. The van der Waals surface area contributed by atoms with Gasteiger partial charge in [-0.2, -0.15) is 0 Å². The van der Waals surface area contributed by atoms with E-state index in [1.54, 1.807) is 18.2 Å². The molecule has 1 aliphatic rings. The van der Waals surface area contributed by atoms with Gasteiger partial charge in [-0.15, -0.1) is 0 Å². The molecule has 6 nitrogen and oxygen atoms in total. The van der Waals surface area contributed by atoms with E-state index < -0.39 is 5.97 Å². The van der Waals surface area contributed by atoms with Gasteiger partial charge in [0.05, 0.1) is 31.3 Å². The fourth-order valence-electron chi connectivity index (χ4n) is 3.25. The van der Waals surface area contributed by atoms with Crippen molar-refractivity contribution in [2.45, 2.75) is 0 Å². The minimum Gasteiger partial charge on any atom is -0.465 e. The molecule has 3 aromatic rings. The fraction of sp³-hybridized carbons (Fsp3) is 0.238. The average Bonchev–Trinajstić information content (AvgIpc) is 2.72. The molecule has 0 N–H and O–H groups in total. The Bertz CT molecular complexity index is 1100. The summed E-state index contributed by atoms with van der Waals surface area (Å²) in [6, 6.07) is 12.3. The van der Waals surface area contributed by atoms with Crippen molar-refractivity contribution in [1.29, 1.82) is 0 Å². The predicted molar refractivity (Wildman–Crippen MR) is 110 cm³/mol. The minimum atomic E-state index is -0.413. The number of fused-ring (bicyclic) bond motifs is 1. The van der Waals surface area contributed by atoms with E-state index in [-0.39, 0.29) is 5.43 Å². The number of hydrogen-bond donors (Lipinski definition) is 0. The lowest BCUT2D eigenvalue weighted by Gasteiger charge is -2.27. The molecule has 2 heterocycles. The zero-order chi connectivity index (χ0) is 19.7. The average molecular weight is 444 g/mol. The van der Waals surface area contributed by atoms with E-state index in [0.717, 1.165) is 15.6 Å². The third kappa shape index (κ3) is 3.68. The highest BCUT2D eigenvalue weighted by Crippen LogP contribution is 2.29. The molecular formula is C21H18BrNO5. The molecule has 7 heteroatoms. The Balaban J connectivity index is 1.80. The zero-order valence-corrected chi connectivity index (χ0v) is 16.8. The van der Waals surface area contributed by atoms with Crippen molar-refractivity contribution in [3.05, 3.63) is 62.7 Å². The number of halogens is 1. The Labute approximate surface area is 169 Å². The van der Waals surface area contributed by atoms with Gasteiger partial charge in [0, 0.05) is 23.6 Å². The summed E-state index contributed by atoms with van der Waals surface area (Å²) < 4.78 is 17.0. The van der Waals surface area contributed by atoms with Crippen LogP contribution in [0, 0.1) is 0 Å². The van der Waals surface area contributed by atoms with Crippen LogP contribution in [0.25, 0.3) is 22.1 Å². The van der Waals surface area contributed by atoms with Gasteiger partial charge in [0.1, 0.15) is 5.58 Å². The third-order valence-electron chi connectivity index (χ3n) is 4.69. The molecule has 0 aliphatic carbocycles. The van der Waals surface area contributed by atoms with Gasteiger partial charge in [-0.25, -0.2) is 4.79 Å². The molecule has 0 amide bonds. The van der Waals surface area contributed by atoms with E-state index in [9.17, 15) is 9.59 Å². The molecule has 1 saturated heterocycles. The highest BCUT2D eigenvalue weighted by Gasteiger charge is 2.16. The highest BCUT2D eigenvalue weighted by atomic mass is 79.9. The van der Waals surface area contributed by atoms with Gasteiger partial charge in [-0.3, -0.25) is 4.79 Å². The van der Waals surface area contributed by atoms with Crippen molar-refractivity contribution in [2.24, 2.45) is 0 Å². The maximum atomic E-state index is 12.5. The van der Waals surface area contributed by atoms with Crippen LogP contribution in [0.1, 0.15) is 10.4 Å². The van der Waals surface area contributed by atoms with E-state index in [2.05, 4.69) is 15.9 Å². The molecule has 0 atom stereocenters. The largest absolute Gasteiger partial charge is 0.465 e. The summed E-state index contributed by atoms with van der Waals surface area (Å²) in [5.41, 5.74) is 2.51. The van der Waals surface area contributed by atoms with Gasteiger partial charge in [-0.05, 0) is 41.5 Å². The van der Waals surface area contributed by atoms with Gasteiger partial charge >= 0.3 is 5.97 Å². The molecule has 28 heavy (non-hydrogen) atoms. The molecule has 0 saturated carbocycles. The molecule has 0 spiro atoms. The number of carbonyl (C=O) groups excluding carboxylic acids is 1. The Morgan fingerprint density at radius 2 is 1.86 bits per heavy atom. The van der Waals surface area contributed by atoms with Crippen molar-refractivity contribution >= 4 is 38.8 Å². The first-order valence-corrected chi connectivity index (χ1v) is 9.64. The second kappa shape index (κ2) is 7.77. The normalized spacial score (nSPS) is 14.3. The number of esters is 1. The lowest BCUT2D eigenvalue weighted by atomic mass is 10.0. The summed E-state index contributed by atoms with van der Waals surface area (Å²) in [4.78, 5) is 26.5. The molecule has 2 aromatic carbocycles. The summed E-state index contributed by atoms with van der Waals surface area (Å²) in [6.45, 7) is 2.58. The fourth-order valence-corrected chi connectivity index (χ4v) is 3.75. The van der Waals surface area contributed by atoms with Crippen LogP contribution < -0.4 is 10.3 Å². The molecule has 0 unspecified atom stereocenters. The second-order valence-corrected chi connectivity index (χ2v) is 7.40. The maximum absolute atomic E-state index is 12.5. The topological polar surface area (TPSA) is 69.0 Å². The van der Waals surface area contributed by atoms with Gasteiger partial charge < -0.3 is 18.8 Å². The number of anilines is 1. The van der Waals surface area contributed by atoms with Crippen LogP contribution in [-0.2, 0) is 9.47 Å². The Morgan fingerprint density at radius 3 is 2.61 bits per heavy atom. The third-order valence-corrected chi connectivity index (χ3v) is 5.15. The molecular weight excluding hydrogens is 426 g/mol. The summed E-state index contributed by atoms with van der Waals surface area (Å²) >= 11 is 3.43. The summed E-state index contributed by atoms with van der Waals surface area (Å²) in [6.07, 6.45) is 0. The van der Waals surface area contributed by atoms with Crippen LogP contribution in [0.5, 0.6) is 0 Å². The van der Waals surface area contributed by atoms with Gasteiger partial charge in [0.25, 0.3) is 0 Å². The van der Waals surface area contributed by atoms with Crippen molar-refractivity contribution < 1.29 is 18.7 Å². The first-order valence-electron chi connectivity index (χ1n) is 8.85. The van der Waals surface area contributed by atoms with E-state index in [4.69, 9.17) is 13.9 Å². The first-order chi connectivity index (χ1) is 13.5. The standard InChI is InChI=1S/C21H18BrNO5/c1-26-21(25)15-8-14(9-16(22)10-15)13-2-3-17-18(24)12-20(28-19(17)11-13)23-4-6-27-7-5-23/h2-3,8-12H,4-7H2,1H3. The summed E-state index contributed by atoms with van der Waals surface area (Å²) in [5, 5.41) is 0.518. The number of hydrogen-bond acceptors (Lipinski definition) is 6. The van der Waals surface area contributed by atoms with Crippen LogP contribution in [0.4, 0.5) is 5.88 Å². The van der Waals surface area contributed by atoms with Crippen molar-refractivity contribution in [1.82, 2.24) is 0 Å². The van der Waals surface area contributed by atoms with E-state index in [1.165, 1.54) is 13.2 Å². The predicted octanol–water partition coefficient (Wildman–Crippen LogP) is 3.85. The quantitative estimate of drug-likeness (QED) is 0.572. The van der Waals surface area contributed by atoms with Crippen LogP contribution in [0.2, 0.25) is 0 Å². The molecule has 4 rings (SSSR count). The van der Waals surface area contributed by atoms with Crippen molar-refractivity contribution in [3.8, 4) is 11.1 Å². The van der Waals surface area contributed by atoms with Crippen LogP contribution in [-0.4, -0.2) is 39.4 Å². The molecule has 144 valence electrons. The van der Waals surface area contributed by atoms with Crippen molar-refractivity contribution in [3.63, 3.8) is 0 Å². The molecule has 0 radical (unpaired) electrons. The Kier molecular flexibility index (Phi) is 5.19. The highest BCUT2D eigenvalue weighted by molar-refractivity contribution is 9.10. The van der Waals surface area contributed by atoms with E-state index >= 15 is 0 Å². The Hall–Kier alpha value is -2.64.